The Balaban J connectivity index is 1.37. The molecule has 0 radical (unpaired) electrons. The predicted octanol–water partition coefficient (Wildman–Crippen LogP) is 4.99. The summed E-state index contributed by atoms with van der Waals surface area (Å²) in [6.45, 7) is 3.82. The average Bonchev–Trinajstić information content (AvgIpc) is 3.20. The number of H-pyrrole nitrogens is 1. The summed E-state index contributed by atoms with van der Waals surface area (Å²) in [5, 5.41) is 8.89. The van der Waals surface area contributed by atoms with Crippen molar-refractivity contribution in [1.29, 1.82) is 0 Å². The van der Waals surface area contributed by atoms with Crippen LogP contribution in [0.2, 0.25) is 15.1 Å². The Morgan fingerprint density at radius 1 is 0.931 bits per heavy atom. The van der Waals surface area contributed by atoms with Crippen LogP contribution in [-0.2, 0) is 6.54 Å². The van der Waals surface area contributed by atoms with E-state index in [0.717, 1.165) is 30.2 Å². The van der Waals surface area contributed by atoms with Crippen LogP contribution in [0.5, 0.6) is 0 Å². The lowest BCUT2D eigenvalue weighted by atomic mass is 10.1. The molecule has 1 N–H and O–H groups in total. The smallest absolute Gasteiger partial charge is 0.271 e. The number of carbonyl (C=O) groups is 1. The van der Waals surface area contributed by atoms with Gasteiger partial charge in [0.25, 0.3) is 5.91 Å². The molecule has 1 saturated heterocycles. The predicted molar refractivity (Wildman–Crippen MR) is 117 cm³/mol. The molecule has 0 spiro atoms. The van der Waals surface area contributed by atoms with Crippen LogP contribution in [0.3, 0.4) is 0 Å². The van der Waals surface area contributed by atoms with Crippen molar-refractivity contribution in [1.82, 2.24) is 20.0 Å². The van der Waals surface area contributed by atoms with Gasteiger partial charge in [-0.05, 0) is 42.0 Å². The second-order valence-electron chi connectivity index (χ2n) is 6.99. The summed E-state index contributed by atoms with van der Waals surface area (Å²) in [5.74, 6) is -0.0556. The SMILES string of the molecule is O=C(c1cc(-c2ccc(Cl)cc2Cl)n[nH]1)N1CCN(Cc2ccc(Cl)cc2)CC1. The van der Waals surface area contributed by atoms with Crippen molar-refractivity contribution in [2.24, 2.45) is 0 Å². The van der Waals surface area contributed by atoms with Gasteiger partial charge in [-0.3, -0.25) is 14.8 Å². The van der Waals surface area contributed by atoms with Crippen molar-refractivity contribution < 1.29 is 4.79 Å². The number of nitrogens with zero attached hydrogens (tertiary/aromatic N) is 3. The van der Waals surface area contributed by atoms with E-state index in [9.17, 15) is 4.79 Å². The highest BCUT2D eigenvalue weighted by atomic mass is 35.5. The summed E-state index contributed by atoms with van der Waals surface area (Å²) in [4.78, 5) is 17.0. The Bertz CT molecular complexity index is 1010. The van der Waals surface area contributed by atoms with Gasteiger partial charge in [0.2, 0.25) is 0 Å². The topological polar surface area (TPSA) is 52.2 Å². The Kier molecular flexibility index (Phi) is 6.11. The van der Waals surface area contributed by atoms with E-state index < -0.39 is 0 Å². The van der Waals surface area contributed by atoms with Crippen molar-refractivity contribution in [3.8, 4) is 11.3 Å². The fourth-order valence-corrected chi connectivity index (χ4v) is 4.03. The van der Waals surface area contributed by atoms with E-state index in [0.29, 0.717) is 34.5 Å². The number of hydrogen-bond acceptors (Lipinski definition) is 3. The number of aromatic amines is 1. The highest BCUT2D eigenvalue weighted by molar-refractivity contribution is 6.36. The highest BCUT2D eigenvalue weighted by Gasteiger charge is 2.24. The largest absolute Gasteiger partial charge is 0.335 e. The lowest BCUT2D eigenvalue weighted by Gasteiger charge is -2.34. The third kappa shape index (κ3) is 4.75. The van der Waals surface area contributed by atoms with Gasteiger partial charge in [0.05, 0.1) is 10.7 Å². The second-order valence-corrected chi connectivity index (χ2v) is 8.27. The van der Waals surface area contributed by atoms with Crippen molar-refractivity contribution in [3.05, 3.63) is 74.9 Å². The van der Waals surface area contributed by atoms with Crippen LogP contribution in [0, 0.1) is 0 Å². The molecular weight excluding hydrogens is 431 g/mol. The molecule has 0 bridgehead atoms. The van der Waals surface area contributed by atoms with E-state index >= 15 is 0 Å². The summed E-state index contributed by atoms with van der Waals surface area (Å²) in [7, 11) is 0. The lowest BCUT2D eigenvalue weighted by molar-refractivity contribution is 0.0622. The number of aromatic nitrogens is 2. The van der Waals surface area contributed by atoms with Gasteiger partial charge >= 0.3 is 0 Å². The van der Waals surface area contributed by atoms with E-state index in [2.05, 4.69) is 15.1 Å². The molecule has 0 atom stereocenters. The maximum absolute atomic E-state index is 12.9. The van der Waals surface area contributed by atoms with E-state index in [4.69, 9.17) is 34.8 Å². The molecular formula is C21H19Cl3N4O. The molecule has 1 fully saturated rings. The highest BCUT2D eigenvalue weighted by Crippen LogP contribution is 2.29. The Morgan fingerprint density at radius 3 is 2.31 bits per heavy atom. The molecule has 2 aromatic carbocycles. The number of amides is 1. The van der Waals surface area contributed by atoms with Crippen molar-refractivity contribution in [3.63, 3.8) is 0 Å². The van der Waals surface area contributed by atoms with Crippen molar-refractivity contribution in [2.75, 3.05) is 26.2 Å². The Hall–Kier alpha value is -2.05. The molecule has 1 aliphatic rings. The monoisotopic (exact) mass is 448 g/mol. The van der Waals surface area contributed by atoms with Gasteiger partial charge in [-0.25, -0.2) is 0 Å². The number of hydrogen-bond donors (Lipinski definition) is 1. The molecule has 4 rings (SSSR count). The molecule has 5 nitrogen and oxygen atoms in total. The van der Waals surface area contributed by atoms with Gasteiger partial charge in [0.15, 0.2) is 0 Å². The zero-order chi connectivity index (χ0) is 20.4. The first-order valence-corrected chi connectivity index (χ1v) is 10.4. The molecule has 0 aliphatic carbocycles. The molecule has 1 aliphatic heterocycles. The third-order valence-corrected chi connectivity index (χ3v) is 5.79. The van der Waals surface area contributed by atoms with Gasteiger partial charge in [-0.2, -0.15) is 5.10 Å². The zero-order valence-corrected chi connectivity index (χ0v) is 17.8. The zero-order valence-electron chi connectivity index (χ0n) is 15.5. The van der Waals surface area contributed by atoms with Crippen LogP contribution in [0.25, 0.3) is 11.3 Å². The van der Waals surface area contributed by atoms with Crippen LogP contribution in [0.1, 0.15) is 16.1 Å². The normalized spacial score (nSPS) is 14.9. The first kappa shape index (κ1) is 20.2. The third-order valence-electron chi connectivity index (χ3n) is 4.99. The van der Waals surface area contributed by atoms with E-state index in [1.54, 1.807) is 24.3 Å². The number of halogens is 3. The van der Waals surface area contributed by atoms with Gasteiger partial charge in [0.1, 0.15) is 5.69 Å². The van der Waals surface area contributed by atoms with Crippen LogP contribution in [0.15, 0.2) is 48.5 Å². The van der Waals surface area contributed by atoms with E-state index in [1.165, 1.54) is 5.56 Å². The summed E-state index contributed by atoms with van der Waals surface area (Å²) in [6.07, 6.45) is 0. The minimum absolute atomic E-state index is 0.0556. The summed E-state index contributed by atoms with van der Waals surface area (Å²) in [5.41, 5.74) is 3.03. The number of rotatable bonds is 4. The Labute approximate surface area is 184 Å². The van der Waals surface area contributed by atoms with Crippen LogP contribution < -0.4 is 0 Å². The summed E-state index contributed by atoms with van der Waals surface area (Å²) >= 11 is 18.1. The van der Waals surface area contributed by atoms with Crippen molar-refractivity contribution in [2.45, 2.75) is 6.54 Å². The Morgan fingerprint density at radius 2 is 1.62 bits per heavy atom. The standard InChI is InChI=1S/C21H19Cl3N4O/c22-15-3-1-14(2-4-15)13-27-7-9-28(10-8-27)21(29)20-12-19(25-26-20)17-6-5-16(23)11-18(17)24/h1-6,11-12H,7-10,13H2,(H,25,26). The molecule has 0 saturated carbocycles. The van der Waals surface area contributed by atoms with Crippen molar-refractivity contribution >= 4 is 40.7 Å². The maximum Gasteiger partial charge on any atom is 0.271 e. The van der Waals surface area contributed by atoms with E-state index in [1.807, 2.05) is 29.2 Å². The van der Waals surface area contributed by atoms with Crippen LogP contribution in [-0.4, -0.2) is 52.1 Å². The minimum Gasteiger partial charge on any atom is -0.335 e. The fraction of sp³-hybridized carbons (Fsp3) is 0.238. The van der Waals surface area contributed by atoms with Crippen LogP contribution >= 0.6 is 34.8 Å². The number of benzene rings is 2. The molecule has 2 heterocycles. The summed E-state index contributed by atoms with van der Waals surface area (Å²) in [6, 6.07) is 14.8. The molecule has 3 aromatic rings. The quantitative estimate of drug-likeness (QED) is 0.610. The number of piperazine rings is 1. The minimum atomic E-state index is -0.0556. The number of nitrogens with one attached hydrogen (secondary N) is 1. The molecule has 1 amide bonds. The van der Waals surface area contributed by atoms with Gasteiger partial charge in [0, 0.05) is 48.3 Å². The summed E-state index contributed by atoms with van der Waals surface area (Å²) < 4.78 is 0. The molecule has 1 aromatic heterocycles. The average molecular weight is 450 g/mol. The first-order valence-electron chi connectivity index (χ1n) is 9.26. The molecule has 8 heteroatoms. The van der Waals surface area contributed by atoms with Gasteiger partial charge < -0.3 is 4.90 Å². The van der Waals surface area contributed by atoms with Gasteiger partial charge in [-0.1, -0.05) is 46.9 Å². The second kappa shape index (κ2) is 8.76. The molecule has 29 heavy (non-hydrogen) atoms. The van der Waals surface area contributed by atoms with Crippen LogP contribution in [0.4, 0.5) is 0 Å². The molecule has 0 unspecified atom stereocenters. The van der Waals surface area contributed by atoms with Gasteiger partial charge in [-0.15, -0.1) is 0 Å². The maximum atomic E-state index is 12.9. The fourth-order valence-electron chi connectivity index (χ4n) is 3.39. The molecule has 150 valence electrons. The lowest BCUT2D eigenvalue weighted by Crippen LogP contribution is -2.48. The first-order chi connectivity index (χ1) is 14.0. The van der Waals surface area contributed by atoms with E-state index in [-0.39, 0.29) is 5.91 Å². The number of carbonyl (C=O) groups excluding carboxylic acids is 1.